The molecule has 1 saturated carbocycles. The summed E-state index contributed by atoms with van der Waals surface area (Å²) in [6.07, 6.45) is 4.07. The molecule has 7 heteroatoms. The molecule has 3 rings (SSSR count). The van der Waals surface area contributed by atoms with Crippen LogP contribution in [0.15, 0.2) is 36.4 Å². The van der Waals surface area contributed by atoms with Crippen molar-refractivity contribution in [2.24, 2.45) is 0 Å². The van der Waals surface area contributed by atoms with Crippen LogP contribution in [0.2, 0.25) is 5.02 Å². The van der Waals surface area contributed by atoms with E-state index in [1.165, 1.54) is 5.56 Å². The summed E-state index contributed by atoms with van der Waals surface area (Å²) in [7, 11) is 6.76. The van der Waals surface area contributed by atoms with Gasteiger partial charge in [0.05, 0.1) is 21.3 Å². The molecule has 1 aliphatic carbocycles. The second kappa shape index (κ2) is 10.7. The van der Waals surface area contributed by atoms with E-state index < -0.39 is 0 Å². The molecule has 1 N–H and O–H groups in total. The summed E-state index contributed by atoms with van der Waals surface area (Å²) in [5.41, 5.74) is 1.75. The van der Waals surface area contributed by atoms with E-state index in [1.54, 1.807) is 33.5 Å². The average molecular weight is 447 g/mol. The molecule has 2 unspecified atom stereocenters. The number of hydrogen-bond donors (Lipinski definition) is 1. The lowest BCUT2D eigenvalue weighted by atomic mass is 10.1. The number of hydrogen-bond acceptors (Lipinski definition) is 5. The third-order valence-corrected chi connectivity index (χ3v) is 6.21. The summed E-state index contributed by atoms with van der Waals surface area (Å²) in [6, 6.07) is 11.7. The number of methoxy groups -OCH3 is 3. The number of likely N-dealkylation sites (N-methyl/N-ethyl adjacent to an activating group) is 1. The number of carbonyl (C=O) groups excluding carboxylic acids is 1. The van der Waals surface area contributed by atoms with Gasteiger partial charge < -0.3 is 24.4 Å². The van der Waals surface area contributed by atoms with Crippen LogP contribution in [0.4, 0.5) is 0 Å². The predicted molar refractivity (Wildman–Crippen MR) is 123 cm³/mol. The van der Waals surface area contributed by atoms with E-state index in [0.717, 1.165) is 37.3 Å². The molecule has 0 spiro atoms. The smallest absolute Gasteiger partial charge is 0.251 e. The van der Waals surface area contributed by atoms with Gasteiger partial charge in [-0.2, -0.15) is 0 Å². The van der Waals surface area contributed by atoms with E-state index in [0.29, 0.717) is 28.9 Å². The molecule has 31 heavy (non-hydrogen) atoms. The summed E-state index contributed by atoms with van der Waals surface area (Å²) in [4.78, 5) is 15.4. The number of halogens is 1. The highest BCUT2D eigenvalue weighted by Crippen LogP contribution is 2.38. The van der Waals surface area contributed by atoms with Crippen molar-refractivity contribution in [1.29, 1.82) is 0 Å². The van der Waals surface area contributed by atoms with Gasteiger partial charge in [-0.3, -0.25) is 4.79 Å². The van der Waals surface area contributed by atoms with Crippen molar-refractivity contribution in [1.82, 2.24) is 10.2 Å². The van der Waals surface area contributed by atoms with Gasteiger partial charge in [0.15, 0.2) is 11.5 Å². The van der Waals surface area contributed by atoms with Crippen LogP contribution < -0.4 is 19.5 Å². The Morgan fingerprint density at radius 2 is 1.71 bits per heavy atom. The Kier molecular flexibility index (Phi) is 8.04. The average Bonchev–Trinajstić information content (AvgIpc) is 3.25. The number of carbonyl (C=O) groups is 1. The minimum atomic E-state index is -0.137. The summed E-state index contributed by atoms with van der Waals surface area (Å²) in [6.45, 7) is 0.919. The number of amides is 1. The van der Waals surface area contributed by atoms with Crippen LogP contribution in [-0.4, -0.2) is 57.8 Å². The monoisotopic (exact) mass is 446 g/mol. The zero-order valence-corrected chi connectivity index (χ0v) is 19.4. The molecule has 0 saturated heterocycles. The third-order valence-electron chi connectivity index (χ3n) is 5.96. The van der Waals surface area contributed by atoms with Crippen LogP contribution in [0.5, 0.6) is 17.2 Å². The number of nitrogens with zero attached hydrogens (tertiary/aromatic N) is 1. The zero-order valence-electron chi connectivity index (χ0n) is 18.6. The zero-order chi connectivity index (χ0) is 22.4. The van der Waals surface area contributed by atoms with Crippen LogP contribution >= 0.6 is 11.6 Å². The Balaban J connectivity index is 1.65. The van der Waals surface area contributed by atoms with Gasteiger partial charge in [-0.15, -0.1) is 0 Å². The molecule has 1 aliphatic rings. The first-order valence-electron chi connectivity index (χ1n) is 10.5. The minimum absolute atomic E-state index is 0.0989. The molecule has 2 aromatic carbocycles. The Morgan fingerprint density at radius 3 is 2.29 bits per heavy atom. The van der Waals surface area contributed by atoms with Gasteiger partial charge >= 0.3 is 0 Å². The largest absolute Gasteiger partial charge is 0.493 e. The van der Waals surface area contributed by atoms with E-state index in [-0.39, 0.29) is 11.9 Å². The SMILES string of the molecule is COc1cc(C(=O)NC2CCCC2N(C)CCc2ccc(Cl)cc2)cc(OC)c1OC. The van der Waals surface area contributed by atoms with Gasteiger partial charge in [-0.25, -0.2) is 0 Å². The predicted octanol–water partition coefficient (Wildman–Crippen LogP) is 4.19. The first kappa shape index (κ1) is 23.2. The first-order valence-corrected chi connectivity index (χ1v) is 10.9. The fourth-order valence-electron chi connectivity index (χ4n) is 4.22. The van der Waals surface area contributed by atoms with Crippen LogP contribution in [0.25, 0.3) is 0 Å². The third kappa shape index (κ3) is 5.63. The molecule has 0 aliphatic heterocycles. The Bertz CT molecular complexity index is 863. The van der Waals surface area contributed by atoms with Crippen molar-refractivity contribution < 1.29 is 19.0 Å². The van der Waals surface area contributed by atoms with Gasteiger partial charge in [0.25, 0.3) is 5.91 Å². The van der Waals surface area contributed by atoms with Gasteiger partial charge in [0.1, 0.15) is 0 Å². The lowest BCUT2D eigenvalue weighted by Crippen LogP contribution is -2.47. The van der Waals surface area contributed by atoms with Crippen molar-refractivity contribution in [3.05, 3.63) is 52.5 Å². The Hall–Kier alpha value is -2.44. The Labute approximate surface area is 189 Å². The topological polar surface area (TPSA) is 60.0 Å². The van der Waals surface area contributed by atoms with E-state index in [4.69, 9.17) is 25.8 Å². The maximum absolute atomic E-state index is 13.0. The molecule has 168 valence electrons. The van der Waals surface area contributed by atoms with Crippen molar-refractivity contribution in [3.8, 4) is 17.2 Å². The minimum Gasteiger partial charge on any atom is -0.493 e. The molecule has 0 radical (unpaired) electrons. The first-order chi connectivity index (χ1) is 15.0. The van der Waals surface area contributed by atoms with E-state index >= 15 is 0 Å². The van der Waals surface area contributed by atoms with Crippen molar-refractivity contribution in [2.75, 3.05) is 34.9 Å². The Morgan fingerprint density at radius 1 is 1.06 bits per heavy atom. The molecule has 2 atom stereocenters. The summed E-state index contributed by atoms with van der Waals surface area (Å²) in [5, 5.41) is 3.97. The normalized spacial score (nSPS) is 18.1. The van der Waals surface area contributed by atoms with E-state index in [2.05, 4.69) is 29.4 Å². The molecular formula is C24H31ClN2O4. The second-order valence-electron chi connectivity index (χ2n) is 7.85. The number of rotatable bonds is 9. The lowest BCUT2D eigenvalue weighted by Gasteiger charge is -2.30. The second-order valence-corrected chi connectivity index (χ2v) is 8.29. The lowest BCUT2D eigenvalue weighted by molar-refractivity contribution is 0.0912. The number of ether oxygens (including phenoxy) is 3. The van der Waals surface area contributed by atoms with Crippen LogP contribution in [0.3, 0.4) is 0 Å². The van der Waals surface area contributed by atoms with E-state index in [9.17, 15) is 4.79 Å². The number of nitrogens with one attached hydrogen (secondary N) is 1. The fourth-order valence-corrected chi connectivity index (χ4v) is 4.35. The molecule has 1 fully saturated rings. The quantitative estimate of drug-likeness (QED) is 0.625. The molecule has 0 heterocycles. The molecule has 1 amide bonds. The van der Waals surface area contributed by atoms with Crippen molar-refractivity contribution in [2.45, 2.75) is 37.8 Å². The molecule has 2 aromatic rings. The summed E-state index contributed by atoms with van der Waals surface area (Å²) >= 11 is 5.98. The summed E-state index contributed by atoms with van der Waals surface area (Å²) < 4.78 is 16.1. The fraction of sp³-hybridized carbons (Fsp3) is 0.458. The van der Waals surface area contributed by atoms with Crippen LogP contribution in [0.1, 0.15) is 35.2 Å². The van der Waals surface area contributed by atoms with Gasteiger partial charge in [0, 0.05) is 29.2 Å². The van der Waals surface area contributed by atoms with E-state index in [1.807, 2.05) is 12.1 Å². The van der Waals surface area contributed by atoms with Crippen LogP contribution in [0, 0.1) is 0 Å². The highest BCUT2D eigenvalue weighted by atomic mass is 35.5. The molecular weight excluding hydrogens is 416 g/mol. The summed E-state index contributed by atoms with van der Waals surface area (Å²) in [5.74, 6) is 1.27. The highest BCUT2D eigenvalue weighted by Gasteiger charge is 2.32. The van der Waals surface area contributed by atoms with Gasteiger partial charge in [0.2, 0.25) is 5.75 Å². The molecule has 0 aromatic heterocycles. The van der Waals surface area contributed by atoms with Crippen LogP contribution in [-0.2, 0) is 6.42 Å². The molecule has 6 nitrogen and oxygen atoms in total. The van der Waals surface area contributed by atoms with Gasteiger partial charge in [-0.05, 0) is 62.6 Å². The standard InChI is InChI=1S/C24H31ClN2O4/c1-27(13-12-16-8-10-18(25)11-9-16)20-7-5-6-19(20)26-24(28)17-14-21(29-2)23(31-4)22(15-17)30-3/h8-11,14-15,19-20H,5-7,12-13H2,1-4H3,(H,26,28). The highest BCUT2D eigenvalue weighted by molar-refractivity contribution is 6.30. The van der Waals surface area contributed by atoms with Crippen molar-refractivity contribution in [3.63, 3.8) is 0 Å². The van der Waals surface area contributed by atoms with Gasteiger partial charge in [-0.1, -0.05) is 23.7 Å². The maximum atomic E-state index is 13.0. The van der Waals surface area contributed by atoms with Crippen molar-refractivity contribution >= 4 is 17.5 Å². The maximum Gasteiger partial charge on any atom is 0.251 e. The number of benzene rings is 2. The molecule has 0 bridgehead atoms.